The second-order valence-electron chi connectivity index (χ2n) is 20.2. The van der Waals surface area contributed by atoms with Crippen molar-refractivity contribution in [3.63, 3.8) is 0 Å². The molecule has 12 heteroatoms. The SMILES string of the molecule is CC[C@H](O[Si](CC)(CC)CC)[C@@H](C)[C@H]1O[C@@H]1C[C@](C)(/C=C/C=C(\C)[C@H]1OC(=O)C[C@H](O[Si](C)(C)C(C)(C)C)CC[C@@](C)(O)[C@@H](OC(C)=O)/C=C\[C@@H]1C)O[Si](CC)(CC)CC. The summed E-state index contributed by atoms with van der Waals surface area (Å²) in [6.07, 6.45) is 10.8. The highest BCUT2D eigenvalue weighted by atomic mass is 28.4. The van der Waals surface area contributed by atoms with Crippen LogP contribution in [-0.2, 0) is 37.1 Å². The highest BCUT2D eigenvalue weighted by molar-refractivity contribution is 6.74. The van der Waals surface area contributed by atoms with Crippen molar-refractivity contribution in [3.8, 4) is 0 Å². The third kappa shape index (κ3) is 15.4. The first-order chi connectivity index (χ1) is 27.7. The topological polar surface area (TPSA) is 113 Å². The van der Waals surface area contributed by atoms with Crippen molar-refractivity contribution in [1.82, 2.24) is 0 Å². The Morgan fingerprint density at radius 2 is 1.53 bits per heavy atom. The van der Waals surface area contributed by atoms with Crippen LogP contribution in [0.25, 0.3) is 0 Å². The Hall–Kier alpha value is -1.39. The Balaban J connectivity index is 2.53. The number of cyclic esters (lactones) is 1. The Bertz CT molecular complexity index is 1430. The Morgan fingerprint density at radius 3 is 2.03 bits per heavy atom. The van der Waals surface area contributed by atoms with Crippen molar-refractivity contribution in [3.05, 3.63) is 36.0 Å². The molecule has 1 N–H and O–H groups in total. The lowest BCUT2D eigenvalue weighted by Crippen LogP contribution is -2.46. The average Bonchev–Trinajstić information content (AvgIpc) is 3.94. The van der Waals surface area contributed by atoms with Gasteiger partial charge in [0.1, 0.15) is 17.8 Å². The van der Waals surface area contributed by atoms with Gasteiger partial charge < -0.3 is 32.6 Å². The molecule has 0 radical (unpaired) electrons. The maximum Gasteiger partial charge on any atom is 0.308 e. The van der Waals surface area contributed by atoms with Gasteiger partial charge in [-0.15, -0.1) is 0 Å². The molecule has 0 aromatic rings. The molecule has 0 aromatic carbocycles. The lowest BCUT2D eigenvalue weighted by atomic mass is 9.88. The normalized spacial score (nSPS) is 29.2. The monoisotopic (exact) mass is 895 g/mol. The molecule has 1 saturated heterocycles. The zero-order valence-electron chi connectivity index (χ0n) is 41.5. The molecule has 60 heavy (non-hydrogen) atoms. The van der Waals surface area contributed by atoms with Crippen molar-refractivity contribution < 1.29 is 42.2 Å². The van der Waals surface area contributed by atoms with Crippen molar-refractivity contribution in [2.75, 3.05) is 0 Å². The average molecular weight is 895 g/mol. The number of rotatable bonds is 21. The molecule has 348 valence electrons. The number of epoxide rings is 1. The molecular weight excluding hydrogens is 805 g/mol. The largest absolute Gasteiger partial charge is 0.457 e. The van der Waals surface area contributed by atoms with E-state index in [9.17, 15) is 14.7 Å². The number of ether oxygens (including phenoxy) is 3. The first kappa shape index (κ1) is 54.7. The van der Waals surface area contributed by atoms with Crippen molar-refractivity contribution in [2.45, 2.75) is 245 Å². The van der Waals surface area contributed by atoms with Gasteiger partial charge in [-0.3, -0.25) is 9.59 Å². The molecule has 0 bridgehead atoms. The fraction of sp³-hybridized carbons (Fsp3) is 0.833. The van der Waals surface area contributed by atoms with E-state index in [1.54, 1.807) is 13.0 Å². The van der Waals surface area contributed by atoms with E-state index in [-0.39, 0.29) is 48.1 Å². The number of allylic oxidation sites excluding steroid dienone is 2. The quantitative estimate of drug-likeness (QED) is 0.0396. The Labute approximate surface area is 370 Å². The second kappa shape index (κ2) is 23.0. The maximum absolute atomic E-state index is 13.9. The Morgan fingerprint density at radius 1 is 0.967 bits per heavy atom. The van der Waals surface area contributed by atoms with E-state index in [0.717, 1.165) is 54.7 Å². The van der Waals surface area contributed by atoms with Gasteiger partial charge in [0.15, 0.2) is 25.0 Å². The fourth-order valence-corrected chi connectivity index (χ4v) is 16.2. The molecule has 0 amide bonds. The third-order valence-corrected chi connectivity index (χ3v) is 28.5. The van der Waals surface area contributed by atoms with Gasteiger partial charge in [0.25, 0.3) is 0 Å². The summed E-state index contributed by atoms with van der Waals surface area (Å²) >= 11 is 0. The zero-order valence-corrected chi connectivity index (χ0v) is 44.5. The summed E-state index contributed by atoms with van der Waals surface area (Å²) in [6, 6.07) is 6.52. The van der Waals surface area contributed by atoms with Gasteiger partial charge in [0.05, 0.1) is 30.3 Å². The standard InChI is InChI=1S/C48H90O9Si3/c1-19-40(56-59(20-2,21-3)22-4)37(10)45-41(53-45)34-47(15,57-60(23-5,24-6)25-7)31-26-27-35(8)44-36(9)28-29-42(52-38(11)49)48(16,51)32-30-39(33-43(50)54-44)55-58(17,18)46(12,13)14/h26-29,31,36-37,39-42,44-45,51H,19-25,30,32-34H2,1-18H3/b29-28-,31-26+,35-27+/t36-,37+,39+,40-,41+,42-,44+,45+,47-,48+/m0/s1. The third-order valence-electron chi connectivity index (χ3n) is 14.6. The molecule has 9 nitrogen and oxygen atoms in total. The van der Waals surface area contributed by atoms with E-state index in [4.69, 9.17) is 27.5 Å². The van der Waals surface area contributed by atoms with Crippen LogP contribution in [0.3, 0.4) is 0 Å². The van der Waals surface area contributed by atoms with E-state index < -0.39 is 60.4 Å². The maximum atomic E-state index is 13.9. The summed E-state index contributed by atoms with van der Waals surface area (Å²) in [4.78, 5) is 26.1. The van der Waals surface area contributed by atoms with E-state index in [0.29, 0.717) is 12.3 Å². The van der Waals surface area contributed by atoms with Crippen molar-refractivity contribution in [1.29, 1.82) is 0 Å². The minimum absolute atomic E-state index is 0.0595. The number of hydrogen-bond acceptors (Lipinski definition) is 9. The van der Waals surface area contributed by atoms with E-state index >= 15 is 0 Å². The van der Waals surface area contributed by atoms with Crippen molar-refractivity contribution >= 4 is 36.9 Å². The molecule has 2 aliphatic heterocycles. The Kier molecular flexibility index (Phi) is 21.0. The second-order valence-corrected chi connectivity index (χ2v) is 34.4. The first-order valence-electron chi connectivity index (χ1n) is 23.6. The number of carbonyl (C=O) groups excluding carboxylic acids is 2. The molecule has 0 aromatic heterocycles. The van der Waals surface area contributed by atoms with Crippen LogP contribution >= 0.6 is 0 Å². The summed E-state index contributed by atoms with van der Waals surface area (Å²) in [6.45, 7) is 38.3. The van der Waals surface area contributed by atoms with Gasteiger partial charge in [-0.05, 0) is 106 Å². The van der Waals surface area contributed by atoms with E-state index in [1.165, 1.54) is 6.92 Å². The molecule has 0 spiro atoms. The van der Waals surface area contributed by atoms with Gasteiger partial charge in [0.2, 0.25) is 0 Å². The van der Waals surface area contributed by atoms with Gasteiger partial charge in [-0.2, -0.15) is 0 Å². The molecule has 2 rings (SSSR count). The highest BCUT2D eigenvalue weighted by Crippen LogP contribution is 2.43. The molecular formula is C48H90O9Si3. The summed E-state index contributed by atoms with van der Waals surface area (Å²) < 4.78 is 39.7. The molecule has 0 saturated carbocycles. The van der Waals surface area contributed by atoms with Crippen LogP contribution in [0.5, 0.6) is 0 Å². The van der Waals surface area contributed by atoms with Crippen LogP contribution in [0.15, 0.2) is 36.0 Å². The summed E-state index contributed by atoms with van der Waals surface area (Å²) in [5.74, 6) is -0.815. The van der Waals surface area contributed by atoms with Crippen LogP contribution in [0, 0.1) is 11.8 Å². The smallest absolute Gasteiger partial charge is 0.308 e. The highest BCUT2D eigenvalue weighted by Gasteiger charge is 2.51. The van der Waals surface area contributed by atoms with Crippen LogP contribution in [0.4, 0.5) is 0 Å². The zero-order chi connectivity index (χ0) is 45.9. The van der Waals surface area contributed by atoms with Gasteiger partial charge >= 0.3 is 11.9 Å². The predicted molar refractivity (Wildman–Crippen MR) is 255 cm³/mol. The molecule has 2 heterocycles. The summed E-state index contributed by atoms with van der Waals surface area (Å²) in [7, 11) is -6.09. The van der Waals surface area contributed by atoms with Gasteiger partial charge in [-0.1, -0.05) is 107 Å². The molecule has 10 atom stereocenters. The van der Waals surface area contributed by atoms with Gasteiger partial charge in [-0.25, -0.2) is 0 Å². The van der Waals surface area contributed by atoms with Crippen molar-refractivity contribution in [2.24, 2.45) is 11.8 Å². The minimum atomic E-state index is -2.29. The van der Waals surface area contributed by atoms with E-state index in [1.807, 2.05) is 26.0 Å². The van der Waals surface area contributed by atoms with Gasteiger partial charge in [0, 0.05) is 31.3 Å². The molecule has 0 unspecified atom stereocenters. The predicted octanol–water partition coefficient (Wildman–Crippen LogP) is 12.2. The van der Waals surface area contributed by atoms with Crippen LogP contribution in [-0.4, -0.2) is 89.8 Å². The summed E-state index contributed by atoms with van der Waals surface area (Å²) in [5, 5.41) is 11.6. The van der Waals surface area contributed by atoms with E-state index in [2.05, 4.69) is 108 Å². The fourth-order valence-electron chi connectivity index (χ4n) is 8.69. The minimum Gasteiger partial charge on any atom is -0.457 e. The number of hydrogen-bond donors (Lipinski definition) is 1. The first-order valence-corrected chi connectivity index (χ1v) is 31.6. The molecule has 0 aliphatic carbocycles. The van der Waals surface area contributed by atoms with Crippen LogP contribution in [0.2, 0.25) is 54.4 Å². The number of carbonyl (C=O) groups is 2. The molecule has 1 fully saturated rings. The molecule has 2 aliphatic rings. The lowest BCUT2D eigenvalue weighted by Gasteiger charge is -2.40. The number of aliphatic hydroxyl groups is 1. The number of esters is 2. The lowest BCUT2D eigenvalue weighted by molar-refractivity contribution is -0.157. The van der Waals surface area contributed by atoms with Crippen LogP contribution < -0.4 is 0 Å². The summed E-state index contributed by atoms with van der Waals surface area (Å²) in [5.41, 5.74) is -1.07. The van der Waals surface area contributed by atoms with Crippen LogP contribution in [0.1, 0.15) is 143 Å².